The number of ether oxygens (including phenoxy) is 1. The molecule has 0 aromatic heterocycles. The van der Waals surface area contributed by atoms with Crippen molar-refractivity contribution >= 4 is 11.9 Å². The molecule has 3 fully saturated rings. The Morgan fingerprint density at radius 1 is 1.03 bits per heavy atom. The third kappa shape index (κ3) is 5.73. The number of hydrogen-bond donors (Lipinski definition) is 2. The number of likely N-dealkylation sites (tertiary alicyclic amines) is 1. The van der Waals surface area contributed by atoms with Gasteiger partial charge in [0.2, 0.25) is 5.91 Å². The Morgan fingerprint density at radius 3 is 2.33 bits per heavy atom. The molecule has 7 heteroatoms. The van der Waals surface area contributed by atoms with Gasteiger partial charge in [-0.05, 0) is 38.2 Å². The molecule has 0 radical (unpaired) electrons. The van der Waals surface area contributed by atoms with Gasteiger partial charge in [0.25, 0.3) is 0 Å². The van der Waals surface area contributed by atoms with Crippen molar-refractivity contribution in [3.8, 4) is 0 Å². The highest BCUT2D eigenvalue weighted by Crippen LogP contribution is 2.23. The molecule has 0 spiro atoms. The molecule has 3 aliphatic rings. The zero-order valence-corrected chi connectivity index (χ0v) is 17.9. The van der Waals surface area contributed by atoms with Crippen LogP contribution in [0, 0.1) is 12.8 Å². The highest BCUT2D eigenvalue weighted by molar-refractivity contribution is 5.80. The van der Waals surface area contributed by atoms with Crippen LogP contribution >= 0.6 is 0 Å². The lowest BCUT2D eigenvalue weighted by molar-refractivity contribution is -0.127. The molecule has 4 rings (SSSR count). The average Bonchev–Trinajstić information content (AvgIpc) is 3.58. The monoisotopic (exact) mass is 414 g/mol. The predicted octanol–water partition coefficient (Wildman–Crippen LogP) is 2.07. The van der Waals surface area contributed by atoms with E-state index in [9.17, 15) is 9.59 Å². The molecule has 1 aliphatic carbocycles. The van der Waals surface area contributed by atoms with Gasteiger partial charge in [-0.3, -0.25) is 9.69 Å². The lowest BCUT2D eigenvalue weighted by Gasteiger charge is -2.34. The molecular formula is C23H34N4O3. The van der Waals surface area contributed by atoms with Gasteiger partial charge in [0, 0.05) is 44.7 Å². The fraction of sp³-hybridized carbons (Fsp3) is 0.652. The Hall–Kier alpha value is -2.12. The van der Waals surface area contributed by atoms with Gasteiger partial charge in [-0.1, -0.05) is 29.8 Å². The quantitative estimate of drug-likeness (QED) is 0.747. The summed E-state index contributed by atoms with van der Waals surface area (Å²) in [6.07, 6.45) is 3.63. The maximum absolute atomic E-state index is 13.1. The molecule has 1 aromatic carbocycles. The number of piperidine rings is 1. The lowest BCUT2D eigenvalue weighted by Crippen LogP contribution is -2.48. The van der Waals surface area contributed by atoms with Crippen LogP contribution in [-0.4, -0.2) is 73.7 Å². The molecule has 1 saturated carbocycles. The van der Waals surface area contributed by atoms with Crippen molar-refractivity contribution < 1.29 is 14.3 Å². The minimum Gasteiger partial charge on any atom is -0.379 e. The Kier molecular flexibility index (Phi) is 6.89. The number of carbonyl (C=O) groups is 2. The zero-order valence-electron chi connectivity index (χ0n) is 17.9. The molecule has 0 bridgehead atoms. The Morgan fingerprint density at radius 2 is 1.70 bits per heavy atom. The summed E-state index contributed by atoms with van der Waals surface area (Å²) in [5, 5.41) is 6.36. The number of benzene rings is 1. The Bertz CT molecular complexity index is 720. The lowest BCUT2D eigenvalue weighted by atomic mass is 9.95. The van der Waals surface area contributed by atoms with Crippen LogP contribution < -0.4 is 10.6 Å². The Labute approximate surface area is 179 Å². The fourth-order valence-electron chi connectivity index (χ4n) is 4.20. The highest BCUT2D eigenvalue weighted by Gasteiger charge is 2.31. The number of morpholine rings is 1. The summed E-state index contributed by atoms with van der Waals surface area (Å²) in [5.74, 6) is 0.0729. The number of rotatable bonds is 6. The van der Waals surface area contributed by atoms with Crippen molar-refractivity contribution in [1.82, 2.24) is 20.4 Å². The van der Waals surface area contributed by atoms with Gasteiger partial charge < -0.3 is 20.3 Å². The number of urea groups is 1. The summed E-state index contributed by atoms with van der Waals surface area (Å²) >= 11 is 0. The normalized spacial score (nSPS) is 21.8. The standard InChI is InChI=1S/C23H34N4O3/c1-17-2-4-18(5-3-17)21(16-26-12-14-30-15-13-26)25-22(28)19-8-10-27(11-9-19)23(29)24-20-6-7-20/h2-5,19-21H,6-16H2,1H3,(H,24,29)(H,25,28)/t21-/m1/s1. The van der Waals surface area contributed by atoms with Crippen molar-refractivity contribution in [2.45, 2.75) is 44.7 Å². The van der Waals surface area contributed by atoms with E-state index in [2.05, 4.69) is 46.7 Å². The minimum absolute atomic E-state index is 0.0289. The molecule has 2 N–H and O–H groups in total. The average molecular weight is 415 g/mol. The van der Waals surface area contributed by atoms with E-state index in [4.69, 9.17) is 4.74 Å². The topological polar surface area (TPSA) is 73.9 Å². The molecule has 1 aromatic rings. The van der Waals surface area contributed by atoms with Crippen LogP contribution in [0.15, 0.2) is 24.3 Å². The van der Waals surface area contributed by atoms with E-state index in [0.717, 1.165) is 64.1 Å². The molecule has 3 amide bonds. The van der Waals surface area contributed by atoms with Crippen LogP contribution in [0.1, 0.15) is 42.9 Å². The van der Waals surface area contributed by atoms with Crippen LogP contribution in [0.25, 0.3) is 0 Å². The van der Waals surface area contributed by atoms with Crippen molar-refractivity contribution in [2.24, 2.45) is 5.92 Å². The van der Waals surface area contributed by atoms with Gasteiger partial charge in [0.1, 0.15) is 0 Å². The first-order chi connectivity index (χ1) is 14.6. The van der Waals surface area contributed by atoms with Crippen LogP contribution in [-0.2, 0) is 9.53 Å². The molecule has 2 aliphatic heterocycles. The van der Waals surface area contributed by atoms with Gasteiger partial charge in [0.05, 0.1) is 19.3 Å². The van der Waals surface area contributed by atoms with Gasteiger partial charge in [0.15, 0.2) is 0 Å². The predicted molar refractivity (Wildman–Crippen MR) is 115 cm³/mol. The van der Waals surface area contributed by atoms with Crippen LogP contribution in [0.4, 0.5) is 4.79 Å². The number of nitrogens with zero attached hydrogens (tertiary/aromatic N) is 2. The van der Waals surface area contributed by atoms with Crippen LogP contribution in [0.2, 0.25) is 0 Å². The van der Waals surface area contributed by atoms with Crippen molar-refractivity contribution in [3.63, 3.8) is 0 Å². The van der Waals surface area contributed by atoms with Gasteiger partial charge in [-0.15, -0.1) is 0 Å². The third-order valence-electron chi connectivity index (χ3n) is 6.40. The van der Waals surface area contributed by atoms with E-state index < -0.39 is 0 Å². The number of hydrogen-bond acceptors (Lipinski definition) is 4. The number of aryl methyl sites for hydroxylation is 1. The van der Waals surface area contributed by atoms with Crippen molar-refractivity contribution in [3.05, 3.63) is 35.4 Å². The summed E-state index contributed by atoms with van der Waals surface area (Å²) in [7, 11) is 0. The number of nitrogens with one attached hydrogen (secondary N) is 2. The summed E-state index contributed by atoms with van der Waals surface area (Å²) < 4.78 is 5.47. The summed E-state index contributed by atoms with van der Waals surface area (Å²) in [6, 6.07) is 8.80. The summed E-state index contributed by atoms with van der Waals surface area (Å²) in [5.41, 5.74) is 2.36. The smallest absolute Gasteiger partial charge is 0.317 e. The molecule has 30 heavy (non-hydrogen) atoms. The summed E-state index contributed by atoms with van der Waals surface area (Å²) in [6.45, 7) is 7.45. The fourth-order valence-corrected chi connectivity index (χ4v) is 4.20. The van der Waals surface area contributed by atoms with E-state index in [1.54, 1.807) is 0 Å². The van der Waals surface area contributed by atoms with Crippen molar-refractivity contribution in [2.75, 3.05) is 45.9 Å². The van der Waals surface area contributed by atoms with Gasteiger partial charge in [-0.2, -0.15) is 0 Å². The molecule has 164 valence electrons. The second-order valence-electron chi connectivity index (χ2n) is 8.87. The maximum Gasteiger partial charge on any atom is 0.317 e. The third-order valence-corrected chi connectivity index (χ3v) is 6.40. The number of carbonyl (C=O) groups excluding carboxylic acids is 2. The highest BCUT2D eigenvalue weighted by atomic mass is 16.5. The molecular weight excluding hydrogens is 380 g/mol. The zero-order chi connectivity index (χ0) is 20.9. The molecule has 7 nitrogen and oxygen atoms in total. The van der Waals surface area contributed by atoms with Crippen LogP contribution in [0.3, 0.4) is 0 Å². The van der Waals surface area contributed by atoms with Crippen molar-refractivity contribution in [1.29, 1.82) is 0 Å². The molecule has 2 saturated heterocycles. The first kappa shape index (κ1) is 21.1. The van der Waals surface area contributed by atoms with E-state index in [0.29, 0.717) is 19.1 Å². The number of amides is 3. The summed E-state index contributed by atoms with van der Waals surface area (Å²) in [4.78, 5) is 29.5. The largest absolute Gasteiger partial charge is 0.379 e. The minimum atomic E-state index is -0.0348. The molecule has 1 atom stereocenters. The SMILES string of the molecule is Cc1ccc([C@@H](CN2CCOCC2)NC(=O)C2CCN(C(=O)NC3CC3)CC2)cc1. The van der Waals surface area contributed by atoms with E-state index in [1.165, 1.54) is 5.56 Å². The first-order valence-electron chi connectivity index (χ1n) is 11.3. The second kappa shape index (κ2) is 9.79. The molecule has 0 unspecified atom stereocenters. The van der Waals surface area contributed by atoms with Gasteiger partial charge >= 0.3 is 6.03 Å². The van der Waals surface area contributed by atoms with E-state index >= 15 is 0 Å². The van der Waals surface area contributed by atoms with Crippen LogP contribution in [0.5, 0.6) is 0 Å². The molecule has 2 heterocycles. The van der Waals surface area contributed by atoms with Gasteiger partial charge in [-0.25, -0.2) is 4.79 Å². The van der Waals surface area contributed by atoms with E-state index in [-0.39, 0.29) is 23.9 Å². The van der Waals surface area contributed by atoms with E-state index in [1.807, 2.05) is 4.90 Å². The second-order valence-corrected chi connectivity index (χ2v) is 8.87. The maximum atomic E-state index is 13.1. The Balaban J connectivity index is 1.33. The first-order valence-corrected chi connectivity index (χ1v) is 11.3.